The number of carbonyl (C=O) groups is 1. The Kier molecular flexibility index (Phi) is 5.96. The van der Waals surface area contributed by atoms with Crippen LogP contribution in [0.25, 0.3) is 0 Å². The van der Waals surface area contributed by atoms with Crippen molar-refractivity contribution >= 4 is 12.0 Å². The molecule has 0 radical (unpaired) electrons. The highest BCUT2D eigenvalue weighted by Crippen LogP contribution is 2.34. The second kappa shape index (κ2) is 8.20. The van der Waals surface area contributed by atoms with Crippen LogP contribution >= 0.6 is 0 Å². The fraction of sp³-hybridized carbons (Fsp3) is 0.737. The van der Waals surface area contributed by atoms with E-state index in [9.17, 15) is 4.79 Å². The first-order valence-corrected chi connectivity index (χ1v) is 9.66. The van der Waals surface area contributed by atoms with Crippen LogP contribution in [-0.2, 0) is 4.74 Å². The molecule has 7 nitrogen and oxygen atoms in total. The summed E-state index contributed by atoms with van der Waals surface area (Å²) in [4.78, 5) is 27.3. The van der Waals surface area contributed by atoms with E-state index < -0.39 is 0 Å². The molecule has 0 atom stereocenters. The van der Waals surface area contributed by atoms with Crippen molar-refractivity contribution in [3.63, 3.8) is 0 Å². The lowest BCUT2D eigenvalue weighted by Gasteiger charge is -2.37. The molecular formula is C19H31N5O2. The SMILES string of the molecule is CC(C)CN(C)CCCN1CC2(CCN(c3ncccn3)CC2)OC1=O. The van der Waals surface area contributed by atoms with E-state index in [2.05, 4.69) is 40.7 Å². The second-order valence-corrected chi connectivity index (χ2v) is 8.02. The Morgan fingerprint density at radius 2 is 1.96 bits per heavy atom. The largest absolute Gasteiger partial charge is 0.441 e. The summed E-state index contributed by atoms with van der Waals surface area (Å²) in [7, 11) is 2.14. The Labute approximate surface area is 156 Å². The van der Waals surface area contributed by atoms with Crippen LogP contribution in [0.3, 0.4) is 0 Å². The normalized spacial score (nSPS) is 19.7. The lowest BCUT2D eigenvalue weighted by Crippen LogP contribution is -2.47. The van der Waals surface area contributed by atoms with Crippen LogP contribution in [0.5, 0.6) is 0 Å². The molecule has 3 heterocycles. The lowest BCUT2D eigenvalue weighted by molar-refractivity contribution is 0.0364. The Morgan fingerprint density at radius 3 is 2.62 bits per heavy atom. The number of rotatable bonds is 7. The third-order valence-corrected chi connectivity index (χ3v) is 5.20. The van der Waals surface area contributed by atoms with Crippen molar-refractivity contribution in [1.82, 2.24) is 19.8 Å². The molecule has 0 N–H and O–H groups in total. The van der Waals surface area contributed by atoms with Gasteiger partial charge in [0.25, 0.3) is 0 Å². The fourth-order valence-electron chi connectivity index (χ4n) is 3.94. The van der Waals surface area contributed by atoms with Crippen LogP contribution in [0, 0.1) is 5.92 Å². The van der Waals surface area contributed by atoms with E-state index in [0.717, 1.165) is 57.9 Å². The average Bonchev–Trinajstić information content (AvgIpc) is 2.91. The first kappa shape index (κ1) is 18.9. The van der Waals surface area contributed by atoms with E-state index in [1.807, 2.05) is 11.0 Å². The quantitative estimate of drug-likeness (QED) is 0.742. The molecule has 0 bridgehead atoms. The second-order valence-electron chi connectivity index (χ2n) is 8.02. The van der Waals surface area contributed by atoms with Crippen molar-refractivity contribution in [1.29, 1.82) is 0 Å². The first-order valence-electron chi connectivity index (χ1n) is 9.66. The van der Waals surface area contributed by atoms with Crippen molar-refractivity contribution < 1.29 is 9.53 Å². The fourth-order valence-corrected chi connectivity index (χ4v) is 3.94. The maximum atomic E-state index is 12.3. The Bertz CT molecular complexity index is 587. The zero-order valence-corrected chi connectivity index (χ0v) is 16.2. The number of anilines is 1. The molecule has 26 heavy (non-hydrogen) atoms. The molecule has 0 saturated carbocycles. The predicted molar refractivity (Wildman–Crippen MR) is 101 cm³/mol. The van der Waals surface area contributed by atoms with Gasteiger partial charge in [-0.25, -0.2) is 14.8 Å². The van der Waals surface area contributed by atoms with Crippen LogP contribution in [0.4, 0.5) is 10.7 Å². The van der Waals surface area contributed by atoms with Gasteiger partial charge in [-0.2, -0.15) is 0 Å². The average molecular weight is 361 g/mol. The molecule has 1 amide bonds. The van der Waals surface area contributed by atoms with Crippen molar-refractivity contribution in [3.8, 4) is 0 Å². The molecule has 2 fully saturated rings. The van der Waals surface area contributed by atoms with Crippen LogP contribution in [-0.4, -0.2) is 77.8 Å². The van der Waals surface area contributed by atoms with E-state index in [0.29, 0.717) is 12.5 Å². The van der Waals surface area contributed by atoms with Gasteiger partial charge in [-0.15, -0.1) is 0 Å². The maximum Gasteiger partial charge on any atom is 0.410 e. The highest BCUT2D eigenvalue weighted by atomic mass is 16.6. The highest BCUT2D eigenvalue weighted by Gasteiger charge is 2.46. The molecule has 2 saturated heterocycles. The minimum absolute atomic E-state index is 0.152. The third-order valence-electron chi connectivity index (χ3n) is 5.20. The van der Waals surface area contributed by atoms with Gasteiger partial charge in [-0.05, 0) is 32.0 Å². The summed E-state index contributed by atoms with van der Waals surface area (Å²) in [5.74, 6) is 1.43. The van der Waals surface area contributed by atoms with Gasteiger partial charge in [-0.3, -0.25) is 0 Å². The number of nitrogens with zero attached hydrogens (tertiary/aromatic N) is 5. The molecule has 0 aliphatic carbocycles. The molecule has 1 aromatic rings. The van der Waals surface area contributed by atoms with Gasteiger partial charge in [0.1, 0.15) is 5.60 Å². The van der Waals surface area contributed by atoms with Crippen LogP contribution in [0.1, 0.15) is 33.1 Å². The van der Waals surface area contributed by atoms with Crippen molar-refractivity contribution in [2.45, 2.75) is 38.7 Å². The molecule has 2 aliphatic heterocycles. The predicted octanol–water partition coefficient (Wildman–Crippen LogP) is 2.25. The standard InChI is InChI=1S/C19H31N5O2/c1-16(2)14-22(3)10-5-11-24-15-19(26-18(24)25)6-12-23(13-7-19)17-20-8-4-9-21-17/h4,8-9,16H,5-7,10-15H2,1-3H3. The maximum absolute atomic E-state index is 12.3. The number of piperidine rings is 1. The van der Waals surface area contributed by atoms with Crippen molar-refractivity contribution in [3.05, 3.63) is 18.5 Å². The summed E-state index contributed by atoms with van der Waals surface area (Å²) in [5.41, 5.74) is -0.327. The Morgan fingerprint density at radius 1 is 1.27 bits per heavy atom. The van der Waals surface area contributed by atoms with E-state index in [-0.39, 0.29) is 11.7 Å². The highest BCUT2D eigenvalue weighted by molar-refractivity contribution is 5.70. The van der Waals surface area contributed by atoms with Crippen molar-refractivity contribution in [2.24, 2.45) is 5.92 Å². The smallest absolute Gasteiger partial charge is 0.410 e. The zero-order valence-electron chi connectivity index (χ0n) is 16.2. The summed E-state index contributed by atoms with van der Waals surface area (Å²) in [6.45, 7) is 9.68. The van der Waals surface area contributed by atoms with E-state index in [1.165, 1.54) is 0 Å². The Hall–Kier alpha value is -1.89. The summed E-state index contributed by atoms with van der Waals surface area (Å²) in [5, 5.41) is 0. The molecule has 2 aliphatic rings. The minimum atomic E-state index is -0.327. The molecule has 144 valence electrons. The first-order chi connectivity index (χ1) is 12.5. The van der Waals surface area contributed by atoms with Gasteiger partial charge in [-0.1, -0.05) is 13.8 Å². The van der Waals surface area contributed by atoms with Gasteiger partial charge in [0.2, 0.25) is 5.95 Å². The van der Waals surface area contributed by atoms with E-state index >= 15 is 0 Å². The van der Waals surface area contributed by atoms with Gasteiger partial charge in [0, 0.05) is 51.4 Å². The molecule has 0 aromatic carbocycles. The number of amides is 1. The molecular weight excluding hydrogens is 330 g/mol. The van der Waals surface area contributed by atoms with Gasteiger partial charge < -0.3 is 19.4 Å². The zero-order chi connectivity index (χ0) is 18.6. The van der Waals surface area contributed by atoms with Crippen LogP contribution in [0.15, 0.2) is 18.5 Å². The summed E-state index contributed by atoms with van der Waals surface area (Å²) in [6.07, 6.45) is 6.03. The topological polar surface area (TPSA) is 61.8 Å². The summed E-state index contributed by atoms with van der Waals surface area (Å²) < 4.78 is 5.81. The lowest BCUT2D eigenvalue weighted by atomic mass is 9.91. The van der Waals surface area contributed by atoms with Crippen LogP contribution < -0.4 is 4.90 Å². The monoisotopic (exact) mass is 361 g/mol. The van der Waals surface area contributed by atoms with Crippen molar-refractivity contribution in [2.75, 3.05) is 51.2 Å². The number of ether oxygens (including phenoxy) is 1. The third kappa shape index (κ3) is 4.63. The summed E-state index contributed by atoms with van der Waals surface area (Å²) in [6, 6.07) is 1.82. The molecule has 1 aromatic heterocycles. The summed E-state index contributed by atoms with van der Waals surface area (Å²) >= 11 is 0. The van der Waals surface area contributed by atoms with E-state index in [1.54, 1.807) is 12.4 Å². The molecule has 0 unspecified atom stereocenters. The molecule has 3 rings (SSSR count). The van der Waals surface area contributed by atoms with Gasteiger partial charge in [0.15, 0.2) is 0 Å². The van der Waals surface area contributed by atoms with E-state index in [4.69, 9.17) is 4.74 Å². The number of hydrogen-bond acceptors (Lipinski definition) is 6. The number of aromatic nitrogens is 2. The number of hydrogen-bond donors (Lipinski definition) is 0. The van der Waals surface area contributed by atoms with Gasteiger partial charge in [0.05, 0.1) is 6.54 Å². The molecule has 7 heteroatoms. The van der Waals surface area contributed by atoms with Crippen LogP contribution in [0.2, 0.25) is 0 Å². The Balaban J connectivity index is 1.46. The molecule has 1 spiro atoms. The minimum Gasteiger partial charge on any atom is -0.441 e. The number of carbonyl (C=O) groups excluding carboxylic acids is 1. The van der Waals surface area contributed by atoms with Gasteiger partial charge >= 0.3 is 6.09 Å².